The summed E-state index contributed by atoms with van der Waals surface area (Å²) in [4.78, 5) is 61.3. The van der Waals surface area contributed by atoms with Crippen LogP contribution in [0.3, 0.4) is 0 Å². The fourth-order valence-corrected chi connectivity index (χ4v) is 7.42. The molecule has 2 fully saturated rings. The Morgan fingerprint density at radius 3 is 2.77 bits per heavy atom. The van der Waals surface area contributed by atoms with Gasteiger partial charge in [-0.2, -0.15) is 0 Å². The summed E-state index contributed by atoms with van der Waals surface area (Å²) in [7, 11) is 0. The van der Waals surface area contributed by atoms with Crippen LogP contribution in [0.2, 0.25) is 0 Å². The van der Waals surface area contributed by atoms with Gasteiger partial charge in [-0.3, -0.25) is 19.2 Å². The first-order valence-electron chi connectivity index (χ1n) is 15.6. The number of pyridine rings is 1. The zero-order valence-corrected chi connectivity index (χ0v) is 25.2. The van der Waals surface area contributed by atoms with Gasteiger partial charge < -0.3 is 19.5 Å². The molecule has 2 aromatic rings. The number of carbonyl (C=O) groups excluding carboxylic acids is 4. The molecule has 9 heteroatoms. The number of amides is 1. The van der Waals surface area contributed by atoms with E-state index in [1.165, 1.54) is 12.1 Å². The number of phenolic OH excluding ortho intramolecular Hbond substituents is 1. The molecule has 228 valence electrons. The Kier molecular flexibility index (Phi) is 7.55. The molecule has 4 aliphatic rings. The molecule has 1 saturated heterocycles. The number of allylic oxidation sites excluding steroid dienone is 2. The van der Waals surface area contributed by atoms with Crippen LogP contribution >= 0.6 is 0 Å². The lowest BCUT2D eigenvalue weighted by Crippen LogP contribution is -2.47. The molecular weight excluding hydrogens is 548 g/mol. The Hall–Kier alpha value is -3.75. The predicted molar refractivity (Wildman–Crippen MR) is 159 cm³/mol. The van der Waals surface area contributed by atoms with Crippen molar-refractivity contribution < 1.29 is 33.8 Å². The van der Waals surface area contributed by atoms with E-state index in [1.807, 2.05) is 6.92 Å². The van der Waals surface area contributed by atoms with Crippen molar-refractivity contribution in [3.8, 4) is 11.5 Å². The standard InChI is InChI=1S/C34H40N2O7/c1-4-42-32(41)34-15-22(34)11-9-7-5-6-8-10-20(2)31(40)36-19-33(16-26(36)27(38)18-34)17-28(39)29-24-14-23(37)12-13-25(24)35-21(3)30(29)43-33/h9,11-14,20,22,26,37H,4-8,10,15-19H2,1-3H3/b11-9-/t20-,22+,26-,33?,34?/m0/s1. The van der Waals surface area contributed by atoms with Crippen LogP contribution in [0, 0.1) is 24.2 Å². The average molecular weight is 589 g/mol. The lowest BCUT2D eigenvalue weighted by Gasteiger charge is -2.35. The van der Waals surface area contributed by atoms with Gasteiger partial charge in [0.1, 0.15) is 11.4 Å². The van der Waals surface area contributed by atoms with Gasteiger partial charge in [-0.05, 0) is 63.6 Å². The van der Waals surface area contributed by atoms with Crippen molar-refractivity contribution in [2.24, 2.45) is 17.3 Å². The van der Waals surface area contributed by atoms with E-state index in [0.29, 0.717) is 40.8 Å². The minimum absolute atomic E-state index is 0.00939. The maximum absolute atomic E-state index is 14.2. The second-order valence-corrected chi connectivity index (χ2v) is 13.0. The van der Waals surface area contributed by atoms with E-state index in [1.54, 1.807) is 24.8 Å². The van der Waals surface area contributed by atoms with E-state index in [9.17, 15) is 24.3 Å². The summed E-state index contributed by atoms with van der Waals surface area (Å²) < 4.78 is 12.1. The number of fused-ring (bicyclic) bond motifs is 5. The Morgan fingerprint density at radius 2 is 1.98 bits per heavy atom. The molecule has 9 nitrogen and oxygen atoms in total. The van der Waals surface area contributed by atoms with Gasteiger partial charge in [-0.15, -0.1) is 0 Å². The highest BCUT2D eigenvalue weighted by Crippen LogP contribution is 2.58. The fraction of sp³-hybridized carbons (Fsp3) is 0.559. The molecule has 4 heterocycles. The molecule has 1 amide bonds. The number of aromatic nitrogens is 1. The third-order valence-electron chi connectivity index (χ3n) is 9.83. The first-order valence-corrected chi connectivity index (χ1v) is 15.6. The second kappa shape index (κ2) is 11.1. The molecule has 3 aliphatic heterocycles. The molecule has 5 atom stereocenters. The molecule has 1 aromatic carbocycles. The number of esters is 1. The first kappa shape index (κ1) is 29.3. The summed E-state index contributed by atoms with van der Waals surface area (Å²) in [5.74, 6) is -0.867. The van der Waals surface area contributed by atoms with E-state index in [0.717, 1.165) is 25.7 Å². The van der Waals surface area contributed by atoms with Gasteiger partial charge in [0.05, 0.1) is 47.8 Å². The number of aryl methyl sites for hydroxylation is 1. The number of benzene rings is 1. The van der Waals surface area contributed by atoms with Crippen LogP contribution in [-0.2, 0) is 19.1 Å². The van der Waals surface area contributed by atoms with Crippen LogP contribution in [0.1, 0.15) is 87.7 Å². The number of ether oxygens (including phenoxy) is 2. The van der Waals surface area contributed by atoms with Gasteiger partial charge in [-0.25, -0.2) is 4.98 Å². The maximum Gasteiger partial charge on any atom is 0.313 e. The number of carbonyl (C=O) groups is 4. The Balaban J connectivity index is 1.36. The fourth-order valence-electron chi connectivity index (χ4n) is 7.42. The third-order valence-corrected chi connectivity index (χ3v) is 9.83. The highest BCUT2D eigenvalue weighted by molar-refractivity contribution is 6.11. The number of Topliss-reactive ketones (excluding diaryl/α,β-unsaturated/α-hetero) is 2. The van der Waals surface area contributed by atoms with E-state index < -0.39 is 17.1 Å². The molecule has 1 aromatic heterocycles. The van der Waals surface area contributed by atoms with Gasteiger partial charge in [0.2, 0.25) is 5.91 Å². The summed E-state index contributed by atoms with van der Waals surface area (Å²) in [6.45, 7) is 5.77. The highest BCUT2D eigenvalue weighted by Gasteiger charge is 2.63. The molecule has 1 saturated carbocycles. The van der Waals surface area contributed by atoms with Gasteiger partial charge in [0.25, 0.3) is 0 Å². The summed E-state index contributed by atoms with van der Waals surface area (Å²) in [6.07, 6.45) is 9.36. The molecule has 0 bridgehead atoms. The summed E-state index contributed by atoms with van der Waals surface area (Å²) in [5, 5.41) is 10.6. The van der Waals surface area contributed by atoms with Crippen molar-refractivity contribution in [2.45, 2.75) is 90.2 Å². The number of aromatic hydroxyl groups is 1. The van der Waals surface area contributed by atoms with Crippen LogP contribution in [0.5, 0.6) is 11.5 Å². The van der Waals surface area contributed by atoms with Gasteiger partial charge in [-0.1, -0.05) is 31.9 Å². The Bertz CT molecular complexity index is 1530. The first-order chi connectivity index (χ1) is 20.6. The maximum atomic E-state index is 14.2. The van der Waals surface area contributed by atoms with Crippen LogP contribution < -0.4 is 4.74 Å². The topological polar surface area (TPSA) is 123 Å². The monoisotopic (exact) mass is 588 g/mol. The Morgan fingerprint density at radius 1 is 1.16 bits per heavy atom. The van der Waals surface area contributed by atoms with Gasteiger partial charge in [0.15, 0.2) is 17.3 Å². The minimum Gasteiger partial charge on any atom is -0.508 e. The van der Waals surface area contributed by atoms with E-state index in [4.69, 9.17) is 9.47 Å². The molecule has 6 rings (SSSR count). The van der Waals surface area contributed by atoms with Crippen LogP contribution in [0.4, 0.5) is 0 Å². The zero-order valence-electron chi connectivity index (χ0n) is 25.2. The summed E-state index contributed by atoms with van der Waals surface area (Å²) in [6, 6.07) is 3.90. The lowest BCUT2D eigenvalue weighted by atomic mass is 9.84. The minimum atomic E-state index is -1.10. The molecule has 0 radical (unpaired) electrons. The quantitative estimate of drug-likeness (QED) is 0.373. The van der Waals surface area contributed by atoms with E-state index >= 15 is 0 Å². The van der Waals surface area contributed by atoms with Crippen molar-refractivity contribution in [2.75, 3.05) is 13.2 Å². The highest BCUT2D eigenvalue weighted by atomic mass is 16.5. The van der Waals surface area contributed by atoms with Crippen molar-refractivity contribution in [3.63, 3.8) is 0 Å². The third kappa shape index (κ3) is 5.21. The SMILES string of the molecule is CCOC(=O)C12CC(=O)[C@@H]3CC4(CC(=O)c5c(c(C)nc6ccc(O)cc56)O4)CN3C(=O)[C@@H](C)CCCCC/C=C\[C@@H]1C2. The van der Waals surface area contributed by atoms with Crippen molar-refractivity contribution in [1.29, 1.82) is 0 Å². The molecule has 2 unspecified atom stereocenters. The molecular formula is C34H40N2O7. The Labute approximate surface area is 251 Å². The number of hydrogen-bond donors (Lipinski definition) is 1. The van der Waals surface area contributed by atoms with E-state index in [-0.39, 0.29) is 73.4 Å². The number of hydrogen-bond acceptors (Lipinski definition) is 8. The van der Waals surface area contributed by atoms with E-state index in [2.05, 4.69) is 17.1 Å². The van der Waals surface area contributed by atoms with Crippen molar-refractivity contribution in [3.05, 3.63) is 41.6 Å². The number of nitrogens with zero attached hydrogens (tertiary/aromatic N) is 2. The molecule has 1 spiro atoms. The van der Waals surface area contributed by atoms with Crippen LogP contribution in [-0.4, -0.2) is 63.2 Å². The zero-order chi connectivity index (χ0) is 30.5. The van der Waals surface area contributed by atoms with Crippen molar-refractivity contribution >= 4 is 34.3 Å². The molecule has 1 aliphatic carbocycles. The number of phenols is 1. The summed E-state index contributed by atoms with van der Waals surface area (Å²) >= 11 is 0. The second-order valence-electron chi connectivity index (χ2n) is 13.0. The average Bonchev–Trinajstić information content (AvgIpc) is 3.54. The molecule has 1 N–H and O–H groups in total. The molecule has 43 heavy (non-hydrogen) atoms. The van der Waals surface area contributed by atoms with Crippen molar-refractivity contribution in [1.82, 2.24) is 9.88 Å². The van der Waals surface area contributed by atoms with Crippen LogP contribution in [0.15, 0.2) is 30.4 Å². The normalized spacial score (nSPS) is 31.8. The number of rotatable bonds is 2. The smallest absolute Gasteiger partial charge is 0.313 e. The predicted octanol–water partition coefficient (Wildman–Crippen LogP) is 5.24. The van der Waals surface area contributed by atoms with Gasteiger partial charge >= 0.3 is 5.97 Å². The van der Waals surface area contributed by atoms with Crippen LogP contribution in [0.25, 0.3) is 10.9 Å². The number of ketones is 2. The largest absolute Gasteiger partial charge is 0.508 e. The lowest BCUT2D eigenvalue weighted by molar-refractivity contribution is -0.152. The van der Waals surface area contributed by atoms with Gasteiger partial charge in [0, 0.05) is 24.1 Å². The summed E-state index contributed by atoms with van der Waals surface area (Å²) in [5.41, 5.74) is -0.532.